The van der Waals surface area contributed by atoms with Gasteiger partial charge in [0.25, 0.3) is 0 Å². The molecule has 1 unspecified atom stereocenters. The second kappa shape index (κ2) is 4.75. The molecule has 0 aliphatic carbocycles. The number of fused-ring (bicyclic) bond motifs is 3. The van der Waals surface area contributed by atoms with E-state index in [1.807, 2.05) is 0 Å². The molecule has 4 heteroatoms. The van der Waals surface area contributed by atoms with Crippen LogP contribution in [0.2, 0.25) is 0 Å². The van der Waals surface area contributed by atoms with Crippen LogP contribution in [0.4, 0.5) is 0 Å². The summed E-state index contributed by atoms with van der Waals surface area (Å²) in [7, 11) is 0. The molecule has 0 aromatic heterocycles. The maximum absolute atomic E-state index is 3.45. The third-order valence-corrected chi connectivity index (χ3v) is 5.65. The van der Waals surface area contributed by atoms with E-state index in [1.165, 1.54) is 71.7 Å². The van der Waals surface area contributed by atoms with Gasteiger partial charge in [-0.3, -0.25) is 9.80 Å². The highest BCUT2D eigenvalue weighted by Gasteiger charge is 2.43. The van der Waals surface area contributed by atoms with Gasteiger partial charge in [0.05, 0.1) is 0 Å². The molecule has 5 heterocycles. The number of nitrogens with one attached hydrogen (secondary N) is 1. The number of nitrogens with zero attached hydrogens (tertiary/aromatic N) is 3. The Bertz CT molecular complexity index is 288. The molecular formula is C14H26N4. The van der Waals surface area contributed by atoms with Crippen molar-refractivity contribution in [1.82, 2.24) is 20.0 Å². The maximum atomic E-state index is 3.45. The van der Waals surface area contributed by atoms with Crippen molar-refractivity contribution in [2.75, 3.05) is 58.9 Å². The normalized spacial score (nSPS) is 43.0. The first-order chi connectivity index (χ1) is 8.90. The second-order valence-electron chi connectivity index (χ2n) is 6.60. The van der Waals surface area contributed by atoms with Crippen molar-refractivity contribution in [3.63, 3.8) is 0 Å². The van der Waals surface area contributed by atoms with E-state index in [9.17, 15) is 0 Å². The van der Waals surface area contributed by atoms with E-state index in [4.69, 9.17) is 0 Å². The van der Waals surface area contributed by atoms with E-state index < -0.39 is 0 Å². The van der Waals surface area contributed by atoms with Crippen molar-refractivity contribution in [2.45, 2.75) is 24.9 Å². The highest BCUT2D eigenvalue weighted by atomic mass is 15.4. The van der Waals surface area contributed by atoms with Crippen molar-refractivity contribution < 1.29 is 0 Å². The van der Waals surface area contributed by atoms with Crippen LogP contribution in [0, 0.1) is 5.92 Å². The number of rotatable bonds is 2. The van der Waals surface area contributed by atoms with E-state index in [0.717, 1.165) is 18.0 Å². The van der Waals surface area contributed by atoms with Crippen molar-refractivity contribution in [3.8, 4) is 0 Å². The molecule has 5 saturated heterocycles. The molecule has 102 valence electrons. The minimum absolute atomic E-state index is 0.863. The SMILES string of the molecule is C1CN(C2CN(C3CN4CCC3CC4)C2)CCN1. The van der Waals surface area contributed by atoms with Crippen LogP contribution in [-0.2, 0) is 0 Å². The first-order valence-electron chi connectivity index (χ1n) is 7.81. The van der Waals surface area contributed by atoms with Crippen LogP contribution in [0.3, 0.4) is 0 Å². The van der Waals surface area contributed by atoms with E-state index in [0.29, 0.717) is 0 Å². The number of likely N-dealkylation sites (tertiary alicyclic amines) is 1. The van der Waals surface area contributed by atoms with Crippen LogP contribution in [0.1, 0.15) is 12.8 Å². The molecule has 0 amide bonds. The standard InChI is InChI=1S/C14H26N4/c1-5-16-6-2-12(1)14(11-16)18-9-13(10-18)17-7-3-15-4-8-17/h12-15H,1-11H2. The van der Waals surface area contributed by atoms with Gasteiger partial charge in [0.15, 0.2) is 0 Å². The minimum Gasteiger partial charge on any atom is -0.314 e. The van der Waals surface area contributed by atoms with E-state index in [-0.39, 0.29) is 0 Å². The fraction of sp³-hybridized carbons (Fsp3) is 1.00. The highest BCUT2D eigenvalue weighted by molar-refractivity contribution is 4.99. The summed E-state index contributed by atoms with van der Waals surface area (Å²) in [6.07, 6.45) is 2.92. The largest absolute Gasteiger partial charge is 0.314 e. The Labute approximate surface area is 110 Å². The van der Waals surface area contributed by atoms with E-state index in [2.05, 4.69) is 20.0 Å². The lowest BCUT2D eigenvalue weighted by Gasteiger charge is -2.56. The molecule has 5 aliphatic heterocycles. The zero-order chi connectivity index (χ0) is 11.9. The third-order valence-electron chi connectivity index (χ3n) is 5.65. The molecule has 0 spiro atoms. The van der Waals surface area contributed by atoms with Gasteiger partial charge < -0.3 is 10.2 Å². The van der Waals surface area contributed by atoms with E-state index >= 15 is 0 Å². The monoisotopic (exact) mass is 250 g/mol. The Morgan fingerprint density at radius 1 is 0.778 bits per heavy atom. The fourth-order valence-corrected chi connectivity index (χ4v) is 4.38. The van der Waals surface area contributed by atoms with Crippen LogP contribution < -0.4 is 5.32 Å². The average molecular weight is 250 g/mol. The molecule has 0 radical (unpaired) electrons. The van der Waals surface area contributed by atoms with Crippen LogP contribution >= 0.6 is 0 Å². The molecule has 2 bridgehead atoms. The zero-order valence-electron chi connectivity index (χ0n) is 11.4. The van der Waals surface area contributed by atoms with Gasteiger partial charge >= 0.3 is 0 Å². The lowest BCUT2D eigenvalue weighted by Crippen LogP contribution is -2.69. The average Bonchev–Trinajstić information content (AvgIpc) is 2.40. The number of hydrogen-bond acceptors (Lipinski definition) is 4. The molecule has 0 aromatic rings. The molecule has 4 nitrogen and oxygen atoms in total. The smallest absolute Gasteiger partial charge is 0.0351 e. The summed E-state index contributed by atoms with van der Waals surface area (Å²) >= 11 is 0. The van der Waals surface area contributed by atoms with Gasteiger partial charge in [-0.2, -0.15) is 0 Å². The van der Waals surface area contributed by atoms with Gasteiger partial charge in [0.2, 0.25) is 0 Å². The molecule has 1 N–H and O–H groups in total. The van der Waals surface area contributed by atoms with Gasteiger partial charge in [0.1, 0.15) is 0 Å². The van der Waals surface area contributed by atoms with Crippen molar-refractivity contribution in [1.29, 1.82) is 0 Å². The molecule has 1 atom stereocenters. The first-order valence-corrected chi connectivity index (χ1v) is 7.81. The van der Waals surface area contributed by atoms with Gasteiger partial charge in [-0.05, 0) is 31.8 Å². The van der Waals surface area contributed by atoms with Crippen molar-refractivity contribution in [3.05, 3.63) is 0 Å². The maximum Gasteiger partial charge on any atom is 0.0351 e. The van der Waals surface area contributed by atoms with Gasteiger partial charge in [-0.15, -0.1) is 0 Å². The molecule has 5 rings (SSSR count). The lowest BCUT2D eigenvalue weighted by atomic mass is 9.81. The van der Waals surface area contributed by atoms with E-state index in [1.54, 1.807) is 0 Å². The molecule has 0 saturated carbocycles. The summed E-state index contributed by atoms with van der Waals surface area (Å²) in [4.78, 5) is 8.17. The van der Waals surface area contributed by atoms with Crippen LogP contribution in [0.25, 0.3) is 0 Å². The molecular weight excluding hydrogens is 224 g/mol. The number of piperazine rings is 1. The predicted molar refractivity (Wildman–Crippen MR) is 72.8 cm³/mol. The molecule has 5 fully saturated rings. The first kappa shape index (κ1) is 11.6. The number of piperidine rings is 3. The Balaban J connectivity index is 1.31. The summed E-state index contributed by atoms with van der Waals surface area (Å²) in [5.74, 6) is 1.01. The predicted octanol–water partition coefficient (Wildman–Crippen LogP) is -0.330. The van der Waals surface area contributed by atoms with Crippen LogP contribution in [0.15, 0.2) is 0 Å². The summed E-state index contributed by atoms with van der Waals surface area (Å²) < 4.78 is 0. The van der Waals surface area contributed by atoms with Gasteiger partial charge in [-0.1, -0.05) is 0 Å². The van der Waals surface area contributed by atoms with Crippen LogP contribution in [0.5, 0.6) is 0 Å². The van der Waals surface area contributed by atoms with Gasteiger partial charge in [0, 0.05) is 57.9 Å². The Morgan fingerprint density at radius 2 is 1.50 bits per heavy atom. The minimum atomic E-state index is 0.863. The Kier molecular flexibility index (Phi) is 3.07. The Hall–Kier alpha value is -0.160. The quantitative estimate of drug-likeness (QED) is 0.724. The van der Waals surface area contributed by atoms with Crippen LogP contribution in [-0.4, -0.2) is 85.7 Å². The lowest BCUT2D eigenvalue weighted by molar-refractivity contribution is -0.0633. The summed E-state index contributed by atoms with van der Waals surface area (Å²) in [6.45, 7) is 11.7. The van der Waals surface area contributed by atoms with Crippen molar-refractivity contribution in [2.24, 2.45) is 5.92 Å². The second-order valence-corrected chi connectivity index (χ2v) is 6.60. The fourth-order valence-electron chi connectivity index (χ4n) is 4.38. The summed E-state index contributed by atoms with van der Waals surface area (Å²) in [6, 6.07) is 1.76. The molecule has 5 aliphatic rings. The number of hydrogen-bond donors (Lipinski definition) is 1. The molecule has 0 aromatic carbocycles. The van der Waals surface area contributed by atoms with Gasteiger partial charge in [-0.25, -0.2) is 0 Å². The molecule has 18 heavy (non-hydrogen) atoms. The summed E-state index contributed by atoms with van der Waals surface area (Å²) in [5, 5.41) is 3.45. The zero-order valence-corrected chi connectivity index (χ0v) is 11.4. The third kappa shape index (κ3) is 1.99. The Morgan fingerprint density at radius 3 is 2.11 bits per heavy atom. The topological polar surface area (TPSA) is 21.8 Å². The highest BCUT2D eigenvalue weighted by Crippen LogP contribution is 2.33. The van der Waals surface area contributed by atoms with Crippen molar-refractivity contribution >= 4 is 0 Å². The summed E-state index contributed by atoms with van der Waals surface area (Å²) in [5.41, 5.74) is 0.